The van der Waals surface area contributed by atoms with E-state index in [1.54, 1.807) is 0 Å². The van der Waals surface area contributed by atoms with Gasteiger partial charge in [-0.3, -0.25) is 14.3 Å². The molecule has 2 aliphatic rings. The Morgan fingerprint density at radius 2 is 2.00 bits per heavy atom. The molecule has 0 amide bonds. The summed E-state index contributed by atoms with van der Waals surface area (Å²) in [5.41, 5.74) is 12.0. The molecule has 4 aromatic heterocycles. The lowest BCUT2D eigenvalue weighted by atomic mass is 10.1. The molecule has 0 spiro atoms. The summed E-state index contributed by atoms with van der Waals surface area (Å²) in [5.74, 6) is 0.367. The molecule has 5 heterocycles. The van der Waals surface area contributed by atoms with E-state index in [0.717, 1.165) is 30.3 Å². The molecule has 0 bridgehead atoms. The average molecular weight is 671 g/mol. The van der Waals surface area contributed by atoms with Crippen molar-refractivity contribution in [1.29, 1.82) is 0 Å². The highest BCUT2D eigenvalue weighted by molar-refractivity contribution is 8.06. The zero-order chi connectivity index (χ0) is 31.2. The summed E-state index contributed by atoms with van der Waals surface area (Å²) >= 11 is 4.56. The van der Waals surface area contributed by atoms with Gasteiger partial charge in [-0.25, -0.2) is 15.0 Å². The number of hydrogen-bond acceptors (Lipinski definition) is 14. The number of methoxy groups -OCH3 is 1. The molecule has 1 unspecified atom stereocenters. The van der Waals surface area contributed by atoms with Crippen molar-refractivity contribution in [2.75, 3.05) is 31.8 Å². The molecule has 236 valence electrons. The van der Waals surface area contributed by atoms with Crippen molar-refractivity contribution < 1.29 is 37.4 Å². The number of nitrogens with two attached hydrogens (primary N) is 2. The lowest BCUT2D eigenvalue weighted by Gasteiger charge is -2.19. The Balaban J connectivity index is 1.16. The molecule has 44 heavy (non-hydrogen) atoms. The number of rotatable bonds is 11. The summed E-state index contributed by atoms with van der Waals surface area (Å²) < 4.78 is 44.9. The number of nitrogens with zero attached hydrogens (tertiary/aromatic N) is 6. The van der Waals surface area contributed by atoms with Crippen LogP contribution in [0.2, 0.25) is 0 Å². The number of nitrogen functional groups attached to an aromatic ring is 2. The van der Waals surface area contributed by atoms with Crippen LogP contribution < -0.4 is 17.0 Å². The second-order valence-corrected chi connectivity index (χ2v) is 14.1. The topological polar surface area (TPSA) is 250 Å². The maximum Gasteiger partial charge on any atom is 0.697 e. The summed E-state index contributed by atoms with van der Waals surface area (Å²) in [4.78, 5) is 50.6. The minimum Gasteiger partial charge on any atom is -0.383 e. The zero-order valence-corrected chi connectivity index (χ0v) is 25.8. The second kappa shape index (κ2) is 12.4. The number of fused-ring (bicyclic) bond motifs is 2. The maximum absolute atomic E-state index is 13.2. The van der Waals surface area contributed by atoms with E-state index in [2.05, 4.69) is 41.3 Å². The molecule has 0 aromatic carbocycles. The Hall–Kier alpha value is -2.96. The summed E-state index contributed by atoms with van der Waals surface area (Å²) in [7, 11) is -1.32. The van der Waals surface area contributed by atoms with Crippen LogP contribution in [0.5, 0.6) is 0 Å². The predicted octanol–water partition coefficient (Wildman–Crippen LogP) is 1.27. The average Bonchev–Trinajstić information content (AvgIpc) is 3.75. The fourth-order valence-corrected chi connectivity index (χ4v) is 7.14. The monoisotopic (exact) mass is 670 g/mol. The van der Waals surface area contributed by atoms with Crippen molar-refractivity contribution >= 4 is 60.7 Å². The number of hydrogen-bond donors (Lipinski definition) is 5. The first-order valence-electron chi connectivity index (χ1n) is 13.5. The van der Waals surface area contributed by atoms with Gasteiger partial charge in [0.2, 0.25) is 5.95 Å². The van der Waals surface area contributed by atoms with E-state index in [1.807, 2.05) is 12.3 Å². The molecule has 1 saturated carbocycles. The van der Waals surface area contributed by atoms with Gasteiger partial charge in [0.15, 0.2) is 23.5 Å². The van der Waals surface area contributed by atoms with Crippen LogP contribution in [0.15, 0.2) is 29.7 Å². The summed E-state index contributed by atoms with van der Waals surface area (Å²) in [5, 5.41) is 0.792. The van der Waals surface area contributed by atoms with E-state index in [-0.39, 0.29) is 42.3 Å². The van der Waals surface area contributed by atoms with Gasteiger partial charge in [0.05, 0.1) is 18.3 Å². The lowest BCUT2D eigenvalue weighted by Crippen LogP contribution is -2.36. The van der Waals surface area contributed by atoms with Crippen LogP contribution >= 0.6 is 15.0 Å². The van der Waals surface area contributed by atoms with Gasteiger partial charge in [0.1, 0.15) is 36.6 Å². The highest BCUT2D eigenvalue weighted by atomic mass is 32.5. The Bertz CT molecular complexity index is 1800. The van der Waals surface area contributed by atoms with Gasteiger partial charge in [0.25, 0.3) is 5.56 Å². The van der Waals surface area contributed by atoms with Gasteiger partial charge in [-0.15, -0.1) is 9.05 Å². The molecule has 1 aliphatic carbocycles. The summed E-state index contributed by atoms with van der Waals surface area (Å²) in [6, 6.07) is 2.06. The highest BCUT2D eigenvalue weighted by Gasteiger charge is 2.53. The second-order valence-electron chi connectivity index (χ2n) is 10.5. The van der Waals surface area contributed by atoms with Crippen molar-refractivity contribution in [2.45, 2.75) is 49.8 Å². The molecular weight excluding hydrogens is 640 g/mol. The third-order valence-corrected chi connectivity index (χ3v) is 9.34. The van der Waals surface area contributed by atoms with Crippen LogP contribution in [0.3, 0.4) is 0 Å². The number of nitrogens with one attached hydrogen (secondary N) is 1. The minimum atomic E-state index is -4.03. The molecule has 21 heteroatoms. The quantitative estimate of drug-likeness (QED) is 0.141. The van der Waals surface area contributed by atoms with Crippen LogP contribution in [0.4, 0.5) is 11.8 Å². The van der Waals surface area contributed by atoms with Gasteiger partial charge >= 0.3 is 15.0 Å². The van der Waals surface area contributed by atoms with E-state index in [9.17, 15) is 19.1 Å². The van der Waals surface area contributed by atoms with E-state index in [1.165, 1.54) is 24.3 Å². The fraction of sp³-hybridized carbons (Fsp3) is 0.522. The SMILES string of the molecule is CO[C@H]1[C@@H](O[P+](=O)OC[C@@H]2CC[C@H](n3ccc4c(N)ncnc43)C2)[C@H](n2cnc3c(=O)[nH]c(N)nc32)O[C@@H]1COP(O)(O)=S. The van der Waals surface area contributed by atoms with E-state index in [4.69, 9.17) is 34.5 Å². The first-order valence-corrected chi connectivity index (χ1v) is 17.2. The highest BCUT2D eigenvalue weighted by Crippen LogP contribution is 2.44. The number of anilines is 2. The number of H-pyrrole nitrogens is 1. The smallest absolute Gasteiger partial charge is 0.383 e. The third-order valence-electron chi connectivity index (χ3n) is 7.76. The standard InChI is InChI=1S/C23H29N9O9P2S/c1-37-16-14(8-39-43(35,36)44)40-22(32-10-28-15-20(32)29-23(25)30-21(15)33)17(16)41-42(34)38-7-11-2-3-12(6-11)31-5-4-13-18(24)26-9-27-19(13)31/h4-5,9-12,14,16-17,22H,2-3,6-8H2,1H3,(H6-,24,25,26,27,29,30,33,35,36,44)/p+1/t11-,12+,14-,16-,17-,22-/m1/s1. The predicted molar refractivity (Wildman–Crippen MR) is 159 cm³/mol. The van der Waals surface area contributed by atoms with Crippen LogP contribution in [0.25, 0.3) is 22.2 Å². The van der Waals surface area contributed by atoms with Crippen LogP contribution in [0, 0.1) is 5.92 Å². The maximum atomic E-state index is 13.2. The zero-order valence-electron chi connectivity index (χ0n) is 23.2. The molecular formula is C23H30N9O9P2S+. The summed E-state index contributed by atoms with van der Waals surface area (Å²) in [6.45, 7) is -4.24. The van der Waals surface area contributed by atoms with Gasteiger partial charge in [-0.05, 0) is 43.1 Å². The fourth-order valence-electron chi connectivity index (χ4n) is 5.80. The molecule has 7 atom stereocenters. The van der Waals surface area contributed by atoms with Crippen molar-refractivity contribution in [3.05, 3.63) is 35.3 Å². The molecule has 6 rings (SSSR count). The van der Waals surface area contributed by atoms with Gasteiger partial charge in [0, 0.05) is 23.9 Å². The summed E-state index contributed by atoms with van der Waals surface area (Å²) in [6.07, 6.45) is 3.06. The Morgan fingerprint density at radius 3 is 2.77 bits per heavy atom. The normalized spacial score (nSPS) is 26.2. The molecule has 1 saturated heterocycles. The largest absolute Gasteiger partial charge is 0.697 e. The number of imidazole rings is 1. The van der Waals surface area contributed by atoms with E-state index < -0.39 is 45.1 Å². The Kier molecular flexibility index (Phi) is 8.78. The van der Waals surface area contributed by atoms with Crippen LogP contribution in [-0.2, 0) is 39.4 Å². The molecule has 7 N–H and O–H groups in total. The van der Waals surface area contributed by atoms with Crippen LogP contribution in [0.1, 0.15) is 31.5 Å². The third kappa shape index (κ3) is 6.25. The van der Waals surface area contributed by atoms with Gasteiger partial charge in [-0.1, -0.05) is 0 Å². The Labute approximate surface area is 254 Å². The van der Waals surface area contributed by atoms with E-state index in [0.29, 0.717) is 5.82 Å². The number of ether oxygens (including phenoxy) is 2. The van der Waals surface area contributed by atoms with Crippen molar-refractivity contribution in [2.24, 2.45) is 5.92 Å². The van der Waals surface area contributed by atoms with Gasteiger partial charge in [-0.2, -0.15) is 4.98 Å². The number of aromatic nitrogens is 7. The molecule has 2 fully saturated rings. The first-order chi connectivity index (χ1) is 21.0. The first kappa shape index (κ1) is 31.0. The minimum absolute atomic E-state index is 0.0162. The van der Waals surface area contributed by atoms with Gasteiger partial charge < -0.3 is 39.8 Å². The van der Waals surface area contributed by atoms with E-state index >= 15 is 0 Å². The molecule has 1 aliphatic heterocycles. The Morgan fingerprint density at radius 1 is 1.18 bits per heavy atom. The van der Waals surface area contributed by atoms with Crippen LogP contribution in [-0.4, -0.2) is 82.5 Å². The molecule has 18 nitrogen and oxygen atoms in total. The molecule has 4 aromatic rings. The van der Waals surface area contributed by atoms with Crippen molar-refractivity contribution in [3.63, 3.8) is 0 Å². The van der Waals surface area contributed by atoms with Crippen molar-refractivity contribution in [1.82, 2.24) is 34.1 Å². The molecule has 0 radical (unpaired) electrons. The lowest BCUT2D eigenvalue weighted by molar-refractivity contribution is -0.0499. The number of aromatic amines is 1. The van der Waals surface area contributed by atoms with Crippen molar-refractivity contribution in [3.8, 4) is 0 Å².